The normalized spacial score (nSPS) is 10.3. The number of anilines is 1. The predicted octanol–water partition coefficient (Wildman–Crippen LogP) is 4.55. The van der Waals surface area contributed by atoms with E-state index < -0.39 is 5.91 Å². The Balaban J connectivity index is 1.41. The number of carbonyl (C=O) groups excluding carboxylic acids is 1. The fourth-order valence-electron chi connectivity index (χ4n) is 2.66. The minimum atomic E-state index is -0.433. The maximum absolute atomic E-state index is 12.4. The molecule has 0 saturated heterocycles. The van der Waals surface area contributed by atoms with Crippen LogP contribution in [0.25, 0.3) is 11.0 Å². The Morgan fingerprint density at radius 3 is 2.41 bits per heavy atom. The lowest BCUT2D eigenvalue weighted by Crippen LogP contribution is -2.34. The summed E-state index contributed by atoms with van der Waals surface area (Å²) >= 11 is 5.25. The molecule has 0 fully saturated rings. The molecule has 142 valence electrons. The summed E-state index contributed by atoms with van der Waals surface area (Å²) in [5.74, 6) is 0.948. The minimum absolute atomic E-state index is 0.154. The summed E-state index contributed by atoms with van der Waals surface area (Å²) in [4.78, 5) is 21.0. The third-order valence-corrected chi connectivity index (χ3v) is 4.18. The monoisotopic (exact) mass is 400 g/mol. The van der Waals surface area contributed by atoms with Gasteiger partial charge in [0, 0.05) is 11.8 Å². The van der Waals surface area contributed by atoms with Crippen molar-refractivity contribution in [3.63, 3.8) is 0 Å². The van der Waals surface area contributed by atoms with E-state index in [1.165, 1.54) is 6.20 Å². The van der Waals surface area contributed by atoms with Crippen molar-refractivity contribution in [2.45, 2.75) is 0 Å². The van der Waals surface area contributed by atoms with Gasteiger partial charge in [0.1, 0.15) is 17.2 Å². The highest BCUT2D eigenvalue weighted by Gasteiger charge is 2.11. The van der Waals surface area contributed by atoms with Gasteiger partial charge in [-0.25, -0.2) is 4.98 Å². The maximum atomic E-state index is 12.4. The van der Waals surface area contributed by atoms with E-state index in [-0.39, 0.29) is 10.8 Å². The van der Waals surface area contributed by atoms with E-state index in [1.807, 2.05) is 66.7 Å². The lowest BCUT2D eigenvalue weighted by Gasteiger charge is -2.11. The molecule has 0 spiro atoms. The second kappa shape index (κ2) is 8.45. The highest BCUT2D eigenvalue weighted by Crippen LogP contribution is 2.23. The van der Waals surface area contributed by atoms with Gasteiger partial charge in [0.25, 0.3) is 5.91 Å². The van der Waals surface area contributed by atoms with Gasteiger partial charge in [-0.05, 0) is 48.6 Å². The Morgan fingerprint density at radius 2 is 1.59 bits per heavy atom. The third kappa shape index (κ3) is 4.72. The molecule has 0 aliphatic rings. The van der Waals surface area contributed by atoms with E-state index >= 15 is 0 Å². The molecule has 0 aliphatic carbocycles. The average Bonchev–Trinajstić information content (AvgIpc) is 2.74. The Bertz CT molecular complexity index is 1180. The lowest BCUT2D eigenvalue weighted by molar-refractivity contribution is 0.0973. The first-order chi connectivity index (χ1) is 14.2. The van der Waals surface area contributed by atoms with Crippen LogP contribution in [0.3, 0.4) is 0 Å². The predicted molar refractivity (Wildman–Crippen MR) is 116 cm³/mol. The number of thiocarbonyl (C=S) groups is 1. The van der Waals surface area contributed by atoms with Gasteiger partial charge in [0.2, 0.25) is 0 Å². The summed E-state index contributed by atoms with van der Waals surface area (Å²) in [5.41, 5.74) is 2.24. The summed E-state index contributed by atoms with van der Waals surface area (Å²) < 4.78 is 5.80. The molecule has 0 atom stereocenters. The number of nitrogens with zero attached hydrogens (tertiary/aromatic N) is 2. The number of nitrogens with one attached hydrogen (secondary N) is 2. The van der Waals surface area contributed by atoms with Gasteiger partial charge in [-0.1, -0.05) is 36.4 Å². The van der Waals surface area contributed by atoms with Crippen molar-refractivity contribution >= 4 is 40.0 Å². The first kappa shape index (κ1) is 18.5. The van der Waals surface area contributed by atoms with Crippen molar-refractivity contribution in [1.29, 1.82) is 0 Å². The molecule has 1 aromatic heterocycles. The van der Waals surface area contributed by atoms with Crippen molar-refractivity contribution in [3.8, 4) is 11.5 Å². The Morgan fingerprint density at radius 1 is 0.862 bits per heavy atom. The number of hydrogen-bond donors (Lipinski definition) is 2. The van der Waals surface area contributed by atoms with E-state index in [2.05, 4.69) is 20.6 Å². The maximum Gasteiger partial charge on any atom is 0.277 e. The first-order valence-electron chi connectivity index (χ1n) is 8.84. The van der Waals surface area contributed by atoms with E-state index in [9.17, 15) is 4.79 Å². The topological polar surface area (TPSA) is 76.1 Å². The van der Waals surface area contributed by atoms with Gasteiger partial charge < -0.3 is 10.1 Å². The molecule has 0 radical (unpaired) electrons. The molecule has 1 heterocycles. The summed E-state index contributed by atoms with van der Waals surface area (Å²) in [6, 6.07) is 24.1. The largest absolute Gasteiger partial charge is 0.457 e. The number of ether oxygens (including phenoxy) is 1. The average molecular weight is 400 g/mol. The second-order valence-electron chi connectivity index (χ2n) is 6.10. The lowest BCUT2D eigenvalue weighted by atomic mass is 10.3. The van der Waals surface area contributed by atoms with Crippen molar-refractivity contribution < 1.29 is 9.53 Å². The molecule has 7 heteroatoms. The van der Waals surface area contributed by atoms with Crippen molar-refractivity contribution in [2.24, 2.45) is 0 Å². The van der Waals surface area contributed by atoms with Gasteiger partial charge in [-0.3, -0.25) is 15.1 Å². The van der Waals surface area contributed by atoms with Crippen LogP contribution in [0, 0.1) is 0 Å². The van der Waals surface area contributed by atoms with Crippen LogP contribution in [0.5, 0.6) is 11.5 Å². The van der Waals surface area contributed by atoms with Crippen molar-refractivity contribution in [1.82, 2.24) is 15.3 Å². The van der Waals surface area contributed by atoms with Gasteiger partial charge >= 0.3 is 0 Å². The highest BCUT2D eigenvalue weighted by molar-refractivity contribution is 7.80. The number of aromatic nitrogens is 2. The Kier molecular flexibility index (Phi) is 5.40. The zero-order valence-electron chi connectivity index (χ0n) is 15.2. The molecule has 0 saturated carbocycles. The molecule has 0 bridgehead atoms. The number of rotatable bonds is 4. The van der Waals surface area contributed by atoms with Crippen LogP contribution >= 0.6 is 12.2 Å². The summed E-state index contributed by atoms with van der Waals surface area (Å²) in [7, 11) is 0. The fraction of sp³-hybridized carbons (Fsp3) is 0. The second-order valence-corrected chi connectivity index (χ2v) is 6.50. The Labute approximate surface area is 172 Å². The molecule has 6 nitrogen and oxygen atoms in total. The van der Waals surface area contributed by atoms with E-state index in [0.717, 1.165) is 11.3 Å². The van der Waals surface area contributed by atoms with E-state index in [1.54, 1.807) is 12.1 Å². The molecule has 0 unspecified atom stereocenters. The number of amides is 1. The van der Waals surface area contributed by atoms with E-state index in [4.69, 9.17) is 17.0 Å². The van der Waals surface area contributed by atoms with Crippen LogP contribution in [-0.2, 0) is 0 Å². The number of hydrogen-bond acceptors (Lipinski definition) is 5. The van der Waals surface area contributed by atoms with Crippen LogP contribution in [0.2, 0.25) is 0 Å². The summed E-state index contributed by atoms with van der Waals surface area (Å²) in [6.07, 6.45) is 1.43. The number of carbonyl (C=O) groups is 1. The Hall–Kier alpha value is -3.84. The zero-order chi connectivity index (χ0) is 20.1. The summed E-state index contributed by atoms with van der Waals surface area (Å²) in [5, 5.41) is 5.75. The molecule has 0 aliphatic heterocycles. The zero-order valence-corrected chi connectivity index (χ0v) is 16.0. The molecule has 29 heavy (non-hydrogen) atoms. The van der Waals surface area contributed by atoms with Gasteiger partial charge in [-0.15, -0.1) is 0 Å². The molecular weight excluding hydrogens is 384 g/mol. The van der Waals surface area contributed by atoms with Crippen LogP contribution in [-0.4, -0.2) is 21.0 Å². The number of para-hydroxylation sites is 3. The van der Waals surface area contributed by atoms with Crippen LogP contribution in [0.4, 0.5) is 5.69 Å². The quantitative estimate of drug-likeness (QED) is 0.490. The fourth-order valence-corrected chi connectivity index (χ4v) is 2.87. The molecule has 2 N–H and O–H groups in total. The van der Waals surface area contributed by atoms with Gasteiger partial charge in [0.15, 0.2) is 5.11 Å². The van der Waals surface area contributed by atoms with Crippen LogP contribution < -0.4 is 15.4 Å². The number of benzene rings is 3. The van der Waals surface area contributed by atoms with Crippen molar-refractivity contribution in [3.05, 3.63) is 90.8 Å². The molecule has 4 aromatic rings. The molecule has 4 rings (SSSR count). The third-order valence-electron chi connectivity index (χ3n) is 3.98. The van der Waals surface area contributed by atoms with Crippen LogP contribution in [0.1, 0.15) is 10.5 Å². The standard InChI is InChI=1S/C22H16N4O2S/c27-21(20-14-23-18-11-4-5-12-19(18)25-20)26-22(29)24-15-7-6-10-17(13-15)28-16-8-2-1-3-9-16/h1-14H,(H2,24,26,27,29). The SMILES string of the molecule is O=C(NC(=S)Nc1cccc(Oc2ccccc2)c1)c1cnc2ccccc2n1. The highest BCUT2D eigenvalue weighted by atomic mass is 32.1. The van der Waals surface area contributed by atoms with Gasteiger partial charge in [-0.2, -0.15) is 0 Å². The molecule has 3 aromatic carbocycles. The van der Waals surface area contributed by atoms with Crippen molar-refractivity contribution in [2.75, 3.05) is 5.32 Å². The first-order valence-corrected chi connectivity index (χ1v) is 9.25. The smallest absolute Gasteiger partial charge is 0.277 e. The molecule has 1 amide bonds. The van der Waals surface area contributed by atoms with Crippen LogP contribution in [0.15, 0.2) is 85.1 Å². The van der Waals surface area contributed by atoms with E-state index in [0.29, 0.717) is 17.0 Å². The van der Waals surface area contributed by atoms with Gasteiger partial charge in [0.05, 0.1) is 17.2 Å². The number of fused-ring (bicyclic) bond motifs is 1. The summed E-state index contributed by atoms with van der Waals surface area (Å²) in [6.45, 7) is 0. The molecular formula is C22H16N4O2S. The minimum Gasteiger partial charge on any atom is -0.457 e.